The number of aromatic nitrogens is 5. The van der Waals surface area contributed by atoms with Gasteiger partial charge in [-0.3, -0.25) is 14.8 Å². The van der Waals surface area contributed by atoms with Gasteiger partial charge in [0.15, 0.2) is 11.6 Å². The molecule has 2 atom stereocenters. The molecule has 1 aliphatic rings. The third kappa shape index (κ3) is 5.71. The highest BCUT2D eigenvalue weighted by Gasteiger charge is 2.30. The van der Waals surface area contributed by atoms with Crippen LogP contribution in [-0.2, 0) is 4.79 Å². The summed E-state index contributed by atoms with van der Waals surface area (Å²) >= 11 is 1.46. The fourth-order valence-corrected chi connectivity index (χ4v) is 5.56. The Labute approximate surface area is 215 Å². The lowest BCUT2D eigenvalue weighted by Gasteiger charge is -2.23. The average Bonchev–Trinajstić information content (AvgIpc) is 3.56. The zero-order chi connectivity index (χ0) is 25.1. The van der Waals surface area contributed by atoms with Crippen LogP contribution in [0.2, 0.25) is 0 Å². The number of nitrogens with zero attached hydrogens (tertiary/aromatic N) is 5. The summed E-state index contributed by atoms with van der Waals surface area (Å²) in [4.78, 5) is 20.7. The van der Waals surface area contributed by atoms with Gasteiger partial charge in [-0.25, -0.2) is 9.50 Å². The molecule has 1 saturated heterocycles. The number of hydrogen-bond acceptors (Lipinski definition) is 7. The SMILES string of the molecule is CCC[C@@H]1C[C@H](C)CN1CC(=O)Nc1ccc(Sc2nc(Nc3cc(C)[nH]n3)c3cccn3n2)cc1. The van der Waals surface area contributed by atoms with Crippen molar-refractivity contribution in [2.75, 3.05) is 23.7 Å². The van der Waals surface area contributed by atoms with E-state index in [4.69, 9.17) is 4.98 Å². The summed E-state index contributed by atoms with van der Waals surface area (Å²) in [6.45, 7) is 7.87. The molecule has 3 N–H and O–H groups in total. The predicted octanol–water partition coefficient (Wildman–Crippen LogP) is 5.10. The van der Waals surface area contributed by atoms with Crippen molar-refractivity contribution < 1.29 is 4.79 Å². The molecule has 0 bridgehead atoms. The normalized spacial score (nSPS) is 18.1. The van der Waals surface area contributed by atoms with E-state index in [1.807, 2.05) is 55.6 Å². The van der Waals surface area contributed by atoms with Crippen molar-refractivity contribution in [1.82, 2.24) is 29.7 Å². The largest absolute Gasteiger partial charge is 0.325 e. The van der Waals surface area contributed by atoms with Crippen molar-refractivity contribution in [3.05, 3.63) is 54.4 Å². The van der Waals surface area contributed by atoms with Gasteiger partial charge >= 0.3 is 0 Å². The van der Waals surface area contributed by atoms with Crippen LogP contribution >= 0.6 is 11.8 Å². The van der Waals surface area contributed by atoms with Crippen LogP contribution in [0.1, 0.15) is 38.8 Å². The summed E-state index contributed by atoms with van der Waals surface area (Å²) in [6, 6.07) is 14.1. The summed E-state index contributed by atoms with van der Waals surface area (Å²) < 4.78 is 1.80. The Kier molecular flexibility index (Phi) is 7.24. The summed E-state index contributed by atoms with van der Waals surface area (Å²) in [5, 5.41) is 18.7. The number of aryl methyl sites for hydroxylation is 1. The molecule has 36 heavy (non-hydrogen) atoms. The first-order valence-corrected chi connectivity index (χ1v) is 13.2. The molecule has 9 nitrogen and oxygen atoms in total. The summed E-state index contributed by atoms with van der Waals surface area (Å²) in [5.74, 6) is 2.08. The molecule has 5 rings (SSSR count). The second kappa shape index (κ2) is 10.7. The van der Waals surface area contributed by atoms with E-state index in [9.17, 15) is 4.79 Å². The molecule has 0 unspecified atom stereocenters. The van der Waals surface area contributed by atoms with Gasteiger partial charge in [0.05, 0.1) is 6.54 Å². The molecule has 0 spiro atoms. The minimum atomic E-state index is 0.0383. The van der Waals surface area contributed by atoms with E-state index in [1.54, 1.807) is 4.52 Å². The fourth-order valence-electron chi connectivity index (χ4n) is 4.81. The first-order chi connectivity index (χ1) is 17.5. The molecule has 0 saturated carbocycles. The zero-order valence-electron chi connectivity index (χ0n) is 20.9. The number of hydrogen-bond donors (Lipinski definition) is 3. The maximum Gasteiger partial charge on any atom is 0.238 e. The molecular weight excluding hydrogens is 472 g/mol. The lowest BCUT2D eigenvalue weighted by atomic mass is 10.0. The zero-order valence-corrected chi connectivity index (χ0v) is 21.7. The summed E-state index contributed by atoms with van der Waals surface area (Å²) in [5.41, 5.74) is 2.63. The van der Waals surface area contributed by atoms with E-state index >= 15 is 0 Å². The monoisotopic (exact) mass is 504 g/mol. The van der Waals surface area contributed by atoms with Crippen LogP contribution in [0.25, 0.3) is 5.52 Å². The number of nitrogens with one attached hydrogen (secondary N) is 3. The van der Waals surface area contributed by atoms with Gasteiger partial charge in [0, 0.05) is 41.1 Å². The number of likely N-dealkylation sites (tertiary alicyclic amines) is 1. The molecule has 3 aromatic heterocycles. The molecule has 4 heterocycles. The number of anilines is 3. The van der Waals surface area contributed by atoms with E-state index in [2.05, 4.69) is 44.7 Å². The maximum absolute atomic E-state index is 12.7. The highest BCUT2D eigenvalue weighted by Crippen LogP contribution is 2.29. The van der Waals surface area contributed by atoms with Crippen LogP contribution in [0.15, 0.2) is 58.7 Å². The number of carbonyl (C=O) groups excluding carboxylic acids is 1. The Morgan fingerprint density at radius 3 is 2.83 bits per heavy atom. The quantitative estimate of drug-likeness (QED) is 0.291. The number of amides is 1. The maximum atomic E-state index is 12.7. The fraction of sp³-hybridized carbons (Fsp3) is 0.385. The van der Waals surface area contributed by atoms with E-state index in [1.165, 1.54) is 18.2 Å². The van der Waals surface area contributed by atoms with Crippen molar-refractivity contribution in [3.63, 3.8) is 0 Å². The predicted molar refractivity (Wildman–Crippen MR) is 143 cm³/mol. The Bertz CT molecular complexity index is 1330. The number of aromatic amines is 1. The Hall–Kier alpha value is -3.37. The van der Waals surface area contributed by atoms with Gasteiger partial charge in [0.2, 0.25) is 11.1 Å². The lowest BCUT2D eigenvalue weighted by Crippen LogP contribution is -2.36. The van der Waals surface area contributed by atoms with Crippen LogP contribution in [0, 0.1) is 12.8 Å². The van der Waals surface area contributed by atoms with Gasteiger partial charge in [-0.2, -0.15) is 5.10 Å². The number of benzene rings is 1. The van der Waals surface area contributed by atoms with Crippen LogP contribution in [0.3, 0.4) is 0 Å². The molecule has 1 fully saturated rings. The number of H-pyrrole nitrogens is 1. The summed E-state index contributed by atoms with van der Waals surface area (Å²) in [7, 11) is 0. The minimum Gasteiger partial charge on any atom is -0.325 e. The Morgan fingerprint density at radius 2 is 2.08 bits per heavy atom. The molecule has 188 valence electrons. The average molecular weight is 505 g/mol. The number of rotatable bonds is 9. The van der Waals surface area contributed by atoms with Gasteiger partial charge in [-0.1, -0.05) is 20.3 Å². The lowest BCUT2D eigenvalue weighted by molar-refractivity contribution is -0.117. The van der Waals surface area contributed by atoms with Crippen LogP contribution in [-0.4, -0.2) is 54.7 Å². The Morgan fingerprint density at radius 1 is 1.25 bits per heavy atom. The van der Waals surface area contributed by atoms with Crippen molar-refractivity contribution in [2.45, 2.75) is 56.1 Å². The standard InChI is InChI=1S/C26H32N8OS/c1-4-6-20-13-17(2)15-33(20)16-24(35)27-19-8-10-21(11-9-19)36-26-29-25(22-7-5-12-34(22)32-26)28-23-14-18(3)30-31-23/h5,7-12,14,17,20H,4,6,13,15-16H2,1-3H3,(H,27,35)(H2,28,29,30,31,32)/t17-,20+/m0/s1. The molecule has 4 aromatic rings. The molecule has 1 aromatic carbocycles. The van der Waals surface area contributed by atoms with Crippen molar-refractivity contribution >= 4 is 40.5 Å². The smallest absolute Gasteiger partial charge is 0.238 e. The Balaban J connectivity index is 1.23. The van der Waals surface area contributed by atoms with Crippen molar-refractivity contribution in [2.24, 2.45) is 5.92 Å². The third-order valence-electron chi connectivity index (χ3n) is 6.38. The van der Waals surface area contributed by atoms with Crippen molar-refractivity contribution in [1.29, 1.82) is 0 Å². The second-order valence-electron chi connectivity index (χ2n) is 9.53. The molecule has 1 aliphatic heterocycles. The van der Waals surface area contributed by atoms with Crippen LogP contribution in [0.4, 0.5) is 17.3 Å². The molecule has 0 aliphatic carbocycles. The van der Waals surface area contributed by atoms with Gasteiger partial charge in [-0.15, -0.1) is 5.10 Å². The first kappa shape index (κ1) is 24.3. The second-order valence-corrected chi connectivity index (χ2v) is 10.6. The van der Waals surface area contributed by atoms with Crippen LogP contribution in [0.5, 0.6) is 0 Å². The highest BCUT2D eigenvalue weighted by atomic mass is 32.2. The highest BCUT2D eigenvalue weighted by molar-refractivity contribution is 7.99. The van der Waals surface area contributed by atoms with Gasteiger partial charge in [0.25, 0.3) is 0 Å². The molecule has 0 radical (unpaired) electrons. The van der Waals surface area contributed by atoms with E-state index in [-0.39, 0.29) is 5.91 Å². The van der Waals surface area contributed by atoms with E-state index < -0.39 is 0 Å². The van der Waals surface area contributed by atoms with E-state index in [0.717, 1.165) is 41.2 Å². The van der Waals surface area contributed by atoms with E-state index in [0.29, 0.717) is 35.3 Å². The van der Waals surface area contributed by atoms with Crippen LogP contribution < -0.4 is 10.6 Å². The van der Waals surface area contributed by atoms with Crippen molar-refractivity contribution in [3.8, 4) is 0 Å². The number of fused-ring (bicyclic) bond motifs is 1. The van der Waals surface area contributed by atoms with Gasteiger partial charge < -0.3 is 10.6 Å². The molecule has 10 heteroatoms. The van der Waals surface area contributed by atoms with Gasteiger partial charge in [-0.05, 0) is 73.8 Å². The van der Waals surface area contributed by atoms with Gasteiger partial charge in [0.1, 0.15) is 5.52 Å². The minimum absolute atomic E-state index is 0.0383. The topological polar surface area (TPSA) is 103 Å². The molecule has 1 amide bonds. The third-order valence-corrected chi connectivity index (χ3v) is 7.24. The molecular formula is C26H32N8OS. The number of carbonyl (C=O) groups is 1. The summed E-state index contributed by atoms with van der Waals surface area (Å²) in [6.07, 6.45) is 5.38. The first-order valence-electron chi connectivity index (χ1n) is 12.4.